The number of halogens is 3. The van der Waals surface area contributed by atoms with E-state index in [2.05, 4.69) is 21.2 Å². The second-order valence-electron chi connectivity index (χ2n) is 4.05. The molecule has 18 heavy (non-hydrogen) atoms. The number of hydrogen-bond acceptors (Lipinski definition) is 1. The molecule has 0 bridgehead atoms. The topological polar surface area (TPSA) is 12.0 Å². The lowest BCUT2D eigenvalue weighted by molar-refractivity contribution is 0.625. The molecule has 0 spiro atoms. The van der Waals surface area contributed by atoms with Crippen molar-refractivity contribution in [1.82, 2.24) is 0 Å². The van der Waals surface area contributed by atoms with E-state index in [1.807, 2.05) is 6.92 Å². The molecule has 0 fully saturated rings. The summed E-state index contributed by atoms with van der Waals surface area (Å²) in [6.45, 7) is 2.29. The van der Waals surface area contributed by atoms with Crippen LogP contribution >= 0.6 is 15.9 Å². The van der Waals surface area contributed by atoms with Gasteiger partial charge in [-0.2, -0.15) is 0 Å². The lowest BCUT2D eigenvalue weighted by Gasteiger charge is -2.10. The van der Waals surface area contributed by atoms with E-state index >= 15 is 0 Å². The molecule has 0 radical (unpaired) electrons. The Labute approximate surface area is 113 Å². The van der Waals surface area contributed by atoms with Crippen molar-refractivity contribution in [2.45, 2.75) is 13.5 Å². The molecular weight excluding hydrogens is 300 g/mol. The van der Waals surface area contributed by atoms with E-state index in [0.717, 1.165) is 15.6 Å². The summed E-state index contributed by atoms with van der Waals surface area (Å²) >= 11 is 3.29. The highest BCUT2D eigenvalue weighted by atomic mass is 79.9. The summed E-state index contributed by atoms with van der Waals surface area (Å²) in [6, 6.07) is 9.28. The van der Waals surface area contributed by atoms with E-state index in [1.54, 1.807) is 18.2 Å². The van der Waals surface area contributed by atoms with Gasteiger partial charge in [0.15, 0.2) is 0 Å². The second kappa shape index (κ2) is 5.48. The average molecular weight is 312 g/mol. The van der Waals surface area contributed by atoms with Crippen LogP contribution in [0.15, 0.2) is 40.9 Å². The van der Waals surface area contributed by atoms with Crippen molar-refractivity contribution in [2.24, 2.45) is 0 Å². The van der Waals surface area contributed by atoms with Crippen molar-refractivity contribution in [3.05, 3.63) is 63.6 Å². The maximum atomic E-state index is 13.5. The highest BCUT2D eigenvalue weighted by Gasteiger charge is 2.04. The second-order valence-corrected chi connectivity index (χ2v) is 4.96. The fourth-order valence-corrected chi connectivity index (χ4v) is 2.04. The number of rotatable bonds is 3. The van der Waals surface area contributed by atoms with Gasteiger partial charge in [0.1, 0.15) is 11.6 Å². The zero-order valence-corrected chi connectivity index (χ0v) is 11.4. The summed E-state index contributed by atoms with van der Waals surface area (Å²) in [4.78, 5) is 0. The van der Waals surface area contributed by atoms with Gasteiger partial charge in [-0.25, -0.2) is 8.78 Å². The lowest BCUT2D eigenvalue weighted by Crippen LogP contribution is -2.03. The summed E-state index contributed by atoms with van der Waals surface area (Å²) in [5.74, 6) is -0.567. The van der Waals surface area contributed by atoms with Crippen LogP contribution in [-0.2, 0) is 6.54 Å². The van der Waals surface area contributed by atoms with Crippen molar-refractivity contribution in [3.8, 4) is 0 Å². The van der Waals surface area contributed by atoms with Gasteiger partial charge in [-0.05, 0) is 48.4 Å². The summed E-state index contributed by atoms with van der Waals surface area (Å²) in [5, 5.41) is 3.00. The Morgan fingerprint density at radius 2 is 1.89 bits per heavy atom. The van der Waals surface area contributed by atoms with Crippen LogP contribution < -0.4 is 5.32 Å². The maximum absolute atomic E-state index is 13.5. The van der Waals surface area contributed by atoms with Crippen LogP contribution in [0.3, 0.4) is 0 Å². The van der Waals surface area contributed by atoms with Crippen LogP contribution in [0.25, 0.3) is 0 Å². The predicted molar refractivity (Wildman–Crippen MR) is 72.6 cm³/mol. The van der Waals surface area contributed by atoms with Gasteiger partial charge in [0, 0.05) is 11.0 Å². The fourth-order valence-electron chi connectivity index (χ4n) is 1.68. The van der Waals surface area contributed by atoms with Gasteiger partial charge in [-0.3, -0.25) is 0 Å². The van der Waals surface area contributed by atoms with Gasteiger partial charge in [-0.1, -0.05) is 22.0 Å². The summed E-state index contributed by atoms with van der Waals surface area (Å²) < 4.78 is 27.2. The van der Waals surface area contributed by atoms with Crippen molar-refractivity contribution in [2.75, 3.05) is 5.32 Å². The first-order valence-electron chi connectivity index (χ1n) is 5.50. The minimum Gasteiger partial charge on any atom is -0.379 e. The quantitative estimate of drug-likeness (QED) is 0.870. The van der Waals surface area contributed by atoms with Crippen molar-refractivity contribution in [1.29, 1.82) is 0 Å². The van der Waals surface area contributed by atoms with E-state index in [-0.39, 0.29) is 11.6 Å². The van der Waals surface area contributed by atoms with Crippen LogP contribution in [0.2, 0.25) is 0 Å². The standard InChI is InChI=1S/C14H12BrF2N/c1-9-6-12(16)4-2-10(9)8-18-14-7-11(15)3-5-13(14)17/h2-7,18H,8H2,1H3. The molecule has 1 nitrogen and oxygen atoms in total. The van der Waals surface area contributed by atoms with Gasteiger partial charge < -0.3 is 5.32 Å². The normalized spacial score (nSPS) is 10.4. The Bertz CT molecular complexity index is 570. The summed E-state index contributed by atoms with van der Waals surface area (Å²) in [5.41, 5.74) is 2.21. The molecule has 1 N–H and O–H groups in total. The molecule has 0 saturated heterocycles. The highest BCUT2D eigenvalue weighted by molar-refractivity contribution is 9.10. The number of benzene rings is 2. The minimum absolute atomic E-state index is 0.259. The van der Waals surface area contributed by atoms with Gasteiger partial charge in [0.25, 0.3) is 0 Å². The van der Waals surface area contributed by atoms with E-state index in [9.17, 15) is 8.78 Å². The fraction of sp³-hybridized carbons (Fsp3) is 0.143. The average Bonchev–Trinajstić information content (AvgIpc) is 2.32. The molecule has 0 saturated carbocycles. The molecule has 0 heterocycles. The third kappa shape index (κ3) is 3.07. The molecule has 94 valence electrons. The van der Waals surface area contributed by atoms with Crippen LogP contribution in [0.4, 0.5) is 14.5 Å². The molecule has 0 aromatic heterocycles. The van der Waals surface area contributed by atoms with Crippen molar-refractivity contribution in [3.63, 3.8) is 0 Å². The third-order valence-electron chi connectivity index (χ3n) is 2.70. The van der Waals surface area contributed by atoms with Crippen LogP contribution in [0, 0.1) is 18.6 Å². The van der Waals surface area contributed by atoms with Gasteiger partial charge in [-0.15, -0.1) is 0 Å². The summed E-state index contributed by atoms with van der Waals surface area (Å²) in [7, 11) is 0. The Morgan fingerprint density at radius 3 is 2.61 bits per heavy atom. The molecule has 2 aromatic rings. The van der Waals surface area contributed by atoms with Crippen molar-refractivity contribution < 1.29 is 8.78 Å². The zero-order chi connectivity index (χ0) is 13.1. The molecule has 4 heteroatoms. The van der Waals surface area contributed by atoms with E-state index in [1.165, 1.54) is 18.2 Å². The van der Waals surface area contributed by atoms with Crippen molar-refractivity contribution >= 4 is 21.6 Å². The Balaban J connectivity index is 2.13. The molecule has 2 aromatic carbocycles. The lowest BCUT2D eigenvalue weighted by atomic mass is 10.1. The monoisotopic (exact) mass is 311 g/mol. The Morgan fingerprint density at radius 1 is 1.11 bits per heavy atom. The first kappa shape index (κ1) is 13.0. The molecule has 0 amide bonds. The van der Waals surface area contributed by atoms with Gasteiger partial charge in [0.05, 0.1) is 5.69 Å². The number of hydrogen-bond donors (Lipinski definition) is 1. The Kier molecular flexibility index (Phi) is 3.97. The molecule has 0 aliphatic rings. The molecule has 0 aliphatic carbocycles. The molecule has 0 atom stereocenters. The first-order valence-corrected chi connectivity index (χ1v) is 6.29. The van der Waals surface area contributed by atoms with Crippen LogP contribution in [0.5, 0.6) is 0 Å². The van der Waals surface area contributed by atoms with E-state index < -0.39 is 0 Å². The molecule has 0 aliphatic heterocycles. The third-order valence-corrected chi connectivity index (χ3v) is 3.20. The number of anilines is 1. The maximum Gasteiger partial charge on any atom is 0.146 e. The molecular formula is C14H12BrF2N. The van der Waals surface area contributed by atoms with Crippen LogP contribution in [0.1, 0.15) is 11.1 Å². The van der Waals surface area contributed by atoms with E-state index in [4.69, 9.17) is 0 Å². The number of aryl methyl sites for hydroxylation is 1. The smallest absolute Gasteiger partial charge is 0.146 e. The minimum atomic E-state index is -0.307. The highest BCUT2D eigenvalue weighted by Crippen LogP contribution is 2.21. The molecule has 2 rings (SSSR count). The SMILES string of the molecule is Cc1cc(F)ccc1CNc1cc(Br)ccc1F. The largest absolute Gasteiger partial charge is 0.379 e. The number of nitrogens with one attached hydrogen (secondary N) is 1. The summed E-state index contributed by atoms with van der Waals surface area (Å²) in [6.07, 6.45) is 0. The molecule has 0 unspecified atom stereocenters. The van der Waals surface area contributed by atoms with Gasteiger partial charge >= 0.3 is 0 Å². The Hall–Kier alpha value is -1.42. The first-order chi connectivity index (χ1) is 8.56. The predicted octanol–water partition coefficient (Wildman–Crippen LogP) is 4.65. The van der Waals surface area contributed by atoms with Gasteiger partial charge in [0.2, 0.25) is 0 Å². The van der Waals surface area contributed by atoms with E-state index in [0.29, 0.717) is 12.2 Å². The van der Waals surface area contributed by atoms with Crippen LogP contribution in [-0.4, -0.2) is 0 Å². The zero-order valence-electron chi connectivity index (χ0n) is 9.81.